The highest BCUT2D eigenvalue weighted by Crippen LogP contribution is 2.14. The Hall–Kier alpha value is -2.67. The van der Waals surface area contributed by atoms with Crippen LogP contribution in [-0.4, -0.2) is 29.4 Å². The Morgan fingerprint density at radius 2 is 1.92 bits per heavy atom. The molecule has 0 bridgehead atoms. The van der Waals surface area contributed by atoms with Gasteiger partial charge in [-0.15, -0.1) is 0 Å². The first kappa shape index (κ1) is 18.7. The maximum absolute atomic E-state index is 12.5. The van der Waals surface area contributed by atoms with Crippen LogP contribution in [0.3, 0.4) is 0 Å². The molecule has 7 heteroatoms. The molecule has 7 nitrogen and oxygen atoms in total. The number of rotatable bonds is 8. The zero-order chi connectivity index (χ0) is 18.2. The first-order chi connectivity index (χ1) is 12.0. The molecule has 0 aliphatic heterocycles. The number of esters is 2. The summed E-state index contributed by atoms with van der Waals surface area (Å²) in [6.07, 6.45) is 4.20. The van der Waals surface area contributed by atoms with Crippen molar-refractivity contribution in [3.63, 3.8) is 0 Å². The molecule has 0 fully saturated rings. The summed E-state index contributed by atoms with van der Waals surface area (Å²) in [6.45, 7) is 3.87. The van der Waals surface area contributed by atoms with Gasteiger partial charge < -0.3 is 14.2 Å². The molecule has 0 saturated carbocycles. The first-order valence-electron chi connectivity index (χ1n) is 8.06. The Bertz CT molecular complexity index is 699. The molecule has 0 radical (unpaired) electrons. The fraction of sp³-hybridized carbons (Fsp3) is 0.389. The summed E-state index contributed by atoms with van der Waals surface area (Å²) >= 11 is 0. The molecule has 134 valence electrons. The molecular weight excluding hydrogens is 324 g/mol. The Morgan fingerprint density at radius 1 is 1.20 bits per heavy atom. The topological polar surface area (TPSA) is 70.6 Å². The minimum atomic E-state index is -1.23. The monoisotopic (exact) mass is 347 g/mol. The summed E-state index contributed by atoms with van der Waals surface area (Å²) in [7, 11) is 1.79. The van der Waals surface area contributed by atoms with Gasteiger partial charge in [-0.25, -0.2) is 18.7 Å². The van der Waals surface area contributed by atoms with Gasteiger partial charge in [0.05, 0.1) is 7.05 Å². The molecular formula is C18H23N2O5+. The number of hydrogen-bond acceptors (Lipinski definition) is 5. The average Bonchev–Trinajstić information content (AvgIpc) is 3.00. The average molecular weight is 347 g/mol. The lowest BCUT2D eigenvalue weighted by molar-refractivity contribution is -0.671. The van der Waals surface area contributed by atoms with E-state index >= 15 is 0 Å². The molecule has 2 aromatic rings. The molecule has 1 unspecified atom stereocenters. The van der Waals surface area contributed by atoms with Crippen molar-refractivity contribution in [3.05, 3.63) is 54.6 Å². The number of imidazole rings is 1. The lowest BCUT2D eigenvalue weighted by Gasteiger charge is -2.16. The number of ether oxygens (including phenoxy) is 3. The largest absolute Gasteiger partial charge is 0.457 e. The van der Waals surface area contributed by atoms with E-state index < -0.39 is 24.3 Å². The van der Waals surface area contributed by atoms with E-state index in [1.165, 1.54) is 4.57 Å². The van der Waals surface area contributed by atoms with E-state index in [-0.39, 0.29) is 6.61 Å². The minimum Gasteiger partial charge on any atom is -0.457 e. The predicted molar refractivity (Wildman–Crippen MR) is 88.1 cm³/mol. The van der Waals surface area contributed by atoms with Gasteiger partial charge in [0.25, 0.3) is 6.04 Å². The second-order valence-corrected chi connectivity index (χ2v) is 5.48. The Morgan fingerprint density at radius 3 is 2.52 bits per heavy atom. The van der Waals surface area contributed by atoms with E-state index in [0.29, 0.717) is 6.61 Å². The van der Waals surface area contributed by atoms with E-state index in [4.69, 9.17) is 14.2 Å². The lowest BCUT2D eigenvalue weighted by Crippen LogP contribution is -2.34. The van der Waals surface area contributed by atoms with Crippen molar-refractivity contribution in [1.29, 1.82) is 0 Å². The van der Waals surface area contributed by atoms with Gasteiger partial charge in [0.1, 0.15) is 19.0 Å². The third kappa shape index (κ3) is 5.42. The molecule has 1 aromatic carbocycles. The fourth-order valence-corrected chi connectivity index (χ4v) is 2.27. The van der Waals surface area contributed by atoms with Gasteiger partial charge in [0.2, 0.25) is 6.33 Å². The van der Waals surface area contributed by atoms with Crippen LogP contribution in [0.1, 0.15) is 25.5 Å². The van der Waals surface area contributed by atoms with Gasteiger partial charge in [-0.3, -0.25) is 0 Å². The highest BCUT2D eigenvalue weighted by Gasteiger charge is 2.37. The number of carbonyl (C=O) groups is 2. The fourth-order valence-electron chi connectivity index (χ4n) is 2.27. The number of aromatic nitrogens is 2. The summed E-state index contributed by atoms with van der Waals surface area (Å²) in [5, 5.41) is 0. The van der Waals surface area contributed by atoms with Gasteiger partial charge in [0, 0.05) is 6.61 Å². The maximum atomic E-state index is 12.5. The lowest BCUT2D eigenvalue weighted by atomic mass is 10.2. The Kier molecular flexibility index (Phi) is 6.71. The number of aryl methyl sites for hydroxylation is 1. The van der Waals surface area contributed by atoms with Crippen LogP contribution in [-0.2, 0) is 37.5 Å². The number of benzene rings is 1. The van der Waals surface area contributed by atoms with Crippen LogP contribution in [0.2, 0.25) is 0 Å². The smallest absolute Gasteiger partial charge is 0.366 e. The molecule has 2 rings (SSSR count). The number of nitrogens with zero attached hydrogens (tertiary/aromatic N) is 2. The van der Waals surface area contributed by atoms with Crippen LogP contribution in [0.25, 0.3) is 0 Å². The summed E-state index contributed by atoms with van der Waals surface area (Å²) in [5.74, 6) is -1.41. The SMILES string of the molecule is CCO[C@H](C)OC(=O)C(C(=O)OCc1ccccc1)n1cc[n+](C)c1. The minimum absolute atomic E-state index is 0.0812. The Balaban J connectivity index is 2.10. The Labute approximate surface area is 146 Å². The van der Waals surface area contributed by atoms with Gasteiger partial charge in [-0.2, -0.15) is 0 Å². The zero-order valence-corrected chi connectivity index (χ0v) is 14.6. The van der Waals surface area contributed by atoms with Gasteiger partial charge in [0.15, 0.2) is 6.29 Å². The highest BCUT2D eigenvalue weighted by molar-refractivity contribution is 5.97. The normalized spacial score (nSPS) is 13.1. The van der Waals surface area contributed by atoms with Gasteiger partial charge in [-0.05, 0) is 19.4 Å². The number of carbonyl (C=O) groups excluding carboxylic acids is 2. The van der Waals surface area contributed by atoms with E-state index in [2.05, 4.69) is 0 Å². The molecule has 0 aliphatic rings. The van der Waals surface area contributed by atoms with E-state index in [0.717, 1.165) is 5.56 Å². The van der Waals surface area contributed by atoms with Crippen LogP contribution in [0.15, 0.2) is 49.1 Å². The predicted octanol–water partition coefficient (Wildman–Crippen LogP) is 1.52. The molecule has 0 saturated heterocycles. The molecule has 2 atom stereocenters. The zero-order valence-electron chi connectivity index (χ0n) is 14.6. The van der Waals surface area contributed by atoms with Crippen molar-refractivity contribution >= 4 is 11.9 Å². The molecule has 1 aromatic heterocycles. The van der Waals surface area contributed by atoms with Crippen LogP contribution in [0.5, 0.6) is 0 Å². The standard InChI is InChI=1S/C18H23N2O5/c1-4-23-14(2)25-18(22)16(20-11-10-19(3)13-20)17(21)24-12-15-8-6-5-7-9-15/h5-11,13-14,16H,4,12H2,1-3H3/q+1/t14-,16?/m0/s1. The molecule has 25 heavy (non-hydrogen) atoms. The van der Waals surface area contributed by atoms with Crippen molar-refractivity contribution in [1.82, 2.24) is 4.57 Å². The van der Waals surface area contributed by atoms with Crippen LogP contribution >= 0.6 is 0 Å². The van der Waals surface area contributed by atoms with Crippen LogP contribution in [0.4, 0.5) is 0 Å². The summed E-state index contributed by atoms with van der Waals surface area (Å²) in [4.78, 5) is 25.0. The third-order valence-corrected chi connectivity index (χ3v) is 3.44. The summed E-state index contributed by atoms with van der Waals surface area (Å²) in [5.41, 5.74) is 0.837. The van der Waals surface area contributed by atoms with Crippen molar-refractivity contribution in [2.24, 2.45) is 7.05 Å². The highest BCUT2D eigenvalue weighted by atomic mass is 16.7. The summed E-state index contributed by atoms with van der Waals surface area (Å²) < 4.78 is 18.9. The van der Waals surface area contributed by atoms with Crippen molar-refractivity contribution in [3.8, 4) is 0 Å². The molecule has 0 aliphatic carbocycles. The molecule has 0 spiro atoms. The number of hydrogen-bond donors (Lipinski definition) is 0. The molecule has 0 amide bonds. The molecule has 1 heterocycles. The maximum Gasteiger partial charge on any atom is 0.366 e. The van der Waals surface area contributed by atoms with E-state index in [9.17, 15) is 9.59 Å². The molecule has 0 N–H and O–H groups in total. The third-order valence-electron chi connectivity index (χ3n) is 3.44. The van der Waals surface area contributed by atoms with Crippen LogP contribution < -0.4 is 4.57 Å². The van der Waals surface area contributed by atoms with Crippen molar-refractivity contribution < 1.29 is 28.4 Å². The first-order valence-corrected chi connectivity index (χ1v) is 8.06. The van der Waals surface area contributed by atoms with Crippen molar-refractivity contribution in [2.45, 2.75) is 32.8 Å². The van der Waals surface area contributed by atoms with E-state index in [1.54, 1.807) is 44.2 Å². The van der Waals surface area contributed by atoms with E-state index in [1.807, 2.05) is 30.3 Å². The van der Waals surface area contributed by atoms with Crippen LogP contribution in [0, 0.1) is 0 Å². The van der Waals surface area contributed by atoms with Gasteiger partial charge in [-0.1, -0.05) is 30.3 Å². The summed E-state index contributed by atoms with van der Waals surface area (Å²) in [6, 6.07) is 8.03. The second kappa shape index (κ2) is 8.98. The van der Waals surface area contributed by atoms with Gasteiger partial charge >= 0.3 is 11.9 Å². The quantitative estimate of drug-likeness (QED) is 0.313. The second-order valence-electron chi connectivity index (χ2n) is 5.48. The van der Waals surface area contributed by atoms with Crippen molar-refractivity contribution in [2.75, 3.05) is 6.61 Å².